The summed E-state index contributed by atoms with van der Waals surface area (Å²) in [6.07, 6.45) is 1.82. The van der Waals surface area contributed by atoms with Crippen LogP contribution < -0.4 is 10.2 Å². The number of carbonyl (C=O) groups excluding carboxylic acids is 1. The summed E-state index contributed by atoms with van der Waals surface area (Å²) in [5.74, 6) is 1.65. The summed E-state index contributed by atoms with van der Waals surface area (Å²) in [6.45, 7) is 10.9. The number of hydrogen-bond acceptors (Lipinski definition) is 7. The zero-order valence-electron chi connectivity index (χ0n) is 18.5. The van der Waals surface area contributed by atoms with Crippen molar-refractivity contribution >= 4 is 28.4 Å². The lowest BCUT2D eigenvalue weighted by molar-refractivity contribution is -0.120. The van der Waals surface area contributed by atoms with Gasteiger partial charge in [-0.1, -0.05) is 0 Å². The Hall–Kier alpha value is -3.01. The van der Waals surface area contributed by atoms with E-state index in [0.29, 0.717) is 0 Å². The lowest BCUT2D eigenvalue weighted by Crippen LogP contribution is -2.53. The van der Waals surface area contributed by atoms with Gasteiger partial charge in [0, 0.05) is 40.3 Å². The van der Waals surface area contributed by atoms with E-state index in [4.69, 9.17) is 0 Å². The van der Waals surface area contributed by atoms with Gasteiger partial charge in [-0.15, -0.1) is 0 Å². The molecule has 0 saturated carbocycles. The third kappa shape index (κ3) is 3.51. The van der Waals surface area contributed by atoms with Gasteiger partial charge < -0.3 is 10.2 Å². The van der Waals surface area contributed by atoms with Crippen LogP contribution in [0.25, 0.3) is 11.0 Å². The molecule has 0 bridgehead atoms. The maximum Gasteiger partial charge on any atom is 0.241 e. The number of anilines is 2. The number of fused-ring (bicyclic) bond motifs is 1. The SMILES string of the molecule is Cc1nc(N2CCN(C(C)C(=O)Nc3c(C)nn(C)c3C)CC2)c2cnn(C)c2n1. The minimum atomic E-state index is -0.225. The van der Waals surface area contributed by atoms with E-state index in [1.165, 1.54) is 0 Å². The summed E-state index contributed by atoms with van der Waals surface area (Å²) < 4.78 is 3.57. The minimum Gasteiger partial charge on any atom is -0.353 e. The summed E-state index contributed by atoms with van der Waals surface area (Å²) in [5.41, 5.74) is 3.44. The first-order chi connectivity index (χ1) is 14.3. The summed E-state index contributed by atoms with van der Waals surface area (Å²) in [6, 6.07) is -0.225. The fraction of sp³-hybridized carbons (Fsp3) is 0.550. The molecular formula is C20H29N9O. The second-order valence-electron chi connectivity index (χ2n) is 7.96. The van der Waals surface area contributed by atoms with Crippen LogP contribution in [0, 0.1) is 20.8 Å². The van der Waals surface area contributed by atoms with Crippen LogP contribution >= 0.6 is 0 Å². The molecule has 3 aromatic rings. The Balaban J connectivity index is 1.44. The fourth-order valence-corrected chi connectivity index (χ4v) is 4.02. The van der Waals surface area contributed by atoms with Crippen LogP contribution in [0.1, 0.15) is 24.1 Å². The molecule has 4 rings (SSSR count). The highest BCUT2D eigenvalue weighted by Crippen LogP contribution is 2.25. The van der Waals surface area contributed by atoms with Gasteiger partial charge in [-0.25, -0.2) is 9.97 Å². The molecule has 1 saturated heterocycles. The molecule has 0 aliphatic carbocycles. The van der Waals surface area contributed by atoms with Crippen molar-refractivity contribution in [3.8, 4) is 0 Å². The number of aromatic nitrogens is 6. The fourth-order valence-electron chi connectivity index (χ4n) is 4.02. The largest absolute Gasteiger partial charge is 0.353 e. The summed E-state index contributed by atoms with van der Waals surface area (Å²) in [4.78, 5) is 26.5. The Bertz CT molecular complexity index is 1090. The van der Waals surface area contributed by atoms with Crippen LogP contribution in [0.5, 0.6) is 0 Å². The number of hydrogen-bond donors (Lipinski definition) is 1. The topological polar surface area (TPSA) is 97.0 Å². The Labute approximate surface area is 175 Å². The molecule has 0 aromatic carbocycles. The molecule has 1 fully saturated rings. The van der Waals surface area contributed by atoms with Crippen LogP contribution in [0.4, 0.5) is 11.5 Å². The number of amides is 1. The molecule has 1 aliphatic heterocycles. The maximum absolute atomic E-state index is 12.9. The zero-order chi connectivity index (χ0) is 21.6. The Morgan fingerprint density at radius 2 is 1.77 bits per heavy atom. The van der Waals surface area contributed by atoms with Crippen LogP contribution in [-0.4, -0.2) is 72.6 Å². The molecule has 1 aliphatic rings. The number of nitrogens with one attached hydrogen (secondary N) is 1. The maximum atomic E-state index is 12.9. The second kappa shape index (κ2) is 7.67. The number of aryl methyl sites for hydroxylation is 4. The van der Waals surface area contributed by atoms with Crippen molar-refractivity contribution < 1.29 is 4.79 Å². The molecule has 10 nitrogen and oxygen atoms in total. The Kier molecular flexibility index (Phi) is 5.19. The predicted octanol–water partition coefficient (Wildman–Crippen LogP) is 1.17. The Morgan fingerprint density at radius 3 is 2.40 bits per heavy atom. The highest BCUT2D eigenvalue weighted by Gasteiger charge is 2.28. The minimum absolute atomic E-state index is 0.00446. The van der Waals surface area contributed by atoms with Gasteiger partial charge >= 0.3 is 0 Å². The summed E-state index contributed by atoms with van der Waals surface area (Å²) in [7, 11) is 3.77. The molecule has 1 amide bonds. The number of nitrogens with zero attached hydrogens (tertiary/aromatic N) is 8. The Morgan fingerprint density at radius 1 is 1.07 bits per heavy atom. The van der Waals surface area contributed by atoms with E-state index >= 15 is 0 Å². The van der Waals surface area contributed by atoms with Crippen molar-refractivity contribution in [2.45, 2.75) is 33.7 Å². The van der Waals surface area contributed by atoms with Crippen molar-refractivity contribution in [2.75, 3.05) is 36.4 Å². The van der Waals surface area contributed by atoms with Gasteiger partial charge in [-0.2, -0.15) is 10.2 Å². The van der Waals surface area contributed by atoms with E-state index < -0.39 is 0 Å². The second-order valence-corrected chi connectivity index (χ2v) is 7.96. The molecule has 1 unspecified atom stereocenters. The average Bonchev–Trinajstić information content (AvgIpc) is 3.21. The number of rotatable bonds is 4. The first kappa shape index (κ1) is 20.3. The lowest BCUT2D eigenvalue weighted by Gasteiger charge is -2.38. The molecule has 0 radical (unpaired) electrons. The van der Waals surface area contributed by atoms with Crippen molar-refractivity contribution in [2.24, 2.45) is 14.1 Å². The monoisotopic (exact) mass is 411 g/mol. The van der Waals surface area contributed by atoms with Gasteiger partial charge in [-0.3, -0.25) is 19.1 Å². The van der Waals surface area contributed by atoms with Gasteiger partial charge in [0.25, 0.3) is 0 Å². The molecule has 4 heterocycles. The summed E-state index contributed by atoms with van der Waals surface area (Å²) in [5, 5.41) is 12.7. The van der Waals surface area contributed by atoms with Crippen LogP contribution in [0.2, 0.25) is 0 Å². The van der Waals surface area contributed by atoms with E-state index in [9.17, 15) is 4.79 Å². The number of carbonyl (C=O) groups is 1. The van der Waals surface area contributed by atoms with E-state index in [0.717, 1.165) is 65.9 Å². The smallest absolute Gasteiger partial charge is 0.241 e. The van der Waals surface area contributed by atoms with Gasteiger partial charge in [0.1, 0.15) is 11.6 Å². The standard InChI is InChI=1S/C20H29N9O/c1-12-17(13(2)26(5)25-12)24-20(30)14(3)28-7-9-29(10-8-28)19-16-11-21-27(6)18(16)22-15(4)23-19/h11,14H,7-10H2,1-6H3,(H,24,30). The van der Waals surface area contributed by atoms with Gasteiger partial charge in [0.2, 0.25) is 5.91 Å². The molecule has 0 spiro atoms. The van der Waals surface area contributed by atoms with Crippen LogP contribution in [-0.2, 0) is 18.9 Å². The molecule has 10 heteroatoms. The average molecular weight is 412 g/mol. The van der Waals surface area contributed by atoms with Crippen molar-refractivity contribution in [3.05, 3.63) is 23.4 Å². The van der Waals surface area contributed by atoms with Gasteiger partial charge in [0.15, 0.2) is 5.65 Å². The molecule has 160 valence electrons. The molecule has 1 N–H and O–H groups in total. The first-order valence-corrected chi connectivity index (χ1v) is 10.2. The van der Waals surface area contributed by atoms with Crippen LogP contribution in [0.15, 0.2) is 6.20 Å². The van der Waals surface area contributed by atoms with Crippen molar-refractivity contribution in [1.82, 2.24) is 34.4 Å². The number of piperazine rings is 1. The zero-order valence-corrected chi connectivity index (χ0v) is 18.5. The van der Waals surface area contributed by atoms with E-state index in [2.05, 4.69) is 35.3 Å². The molecule has 30 heavy (non-hydrogen) atoms. The third-order valence-corrected chi connectivity index (χ3v) is 5.98. The van der Waals surface area contributed by atoms with Gasteiger partial charge in [0.05, 0.1) is 34.7 Å². The normalized spacial score (nSPS) is 16.3. The van der Waals surface area contributed by atoms with Crippen LogP contribution in [0.3, 0.4) is 0 Å². The van der Waals surface area contributed by atoms with E-state index in [1.807, 2.05) is 48.0 Å². The third-order valence-electron chi connectivity index (χ3n) is 5.98. The molecular weight excluding hydrogens is 382 g/mol. The quantitative estimate of drug-likeness (QED) is 0.688. The predicted molar refractivity (Wildman–Crippen MR) is 116 cm³/mol. The lowest BCUT2D eigenvalue weighted by atomic mass is 10.2. The molecule has 1 atom stereocenters. The van der Waals surface area contributed by atoms with E-state index in [1.54, 1.807) is 9.36 Å². The highest BCUT2D eigenvalue weighted by atomic mass is 16.2. The van der Waals surface area contributed by atoms with Crippen molar-refractivity contribution in [1.29, 1.82) is 0 Å². The van der Waals surface area contributed by atoms with Crippen molar-refractivity contribution in [3.63, 3.8) is 0 Å². The van der Waals surface area contributed by atoms with Gasteiger partial charge in [-0.05, 0) is 27.7 Å². The highest BCUT2D eigenvalue weighted by molar-refractivity contribution is 5.95. The molecule has 3 aromatic heterocycles. The summed E-state index contributed by atoms with van der Waals surface area (Å²) >= 11 is 0. The van der Waals surface area contributed by atoms with E-state index in [-0.39, 0.29) is 11.9 Å². The first-order valence-electron chi connectivity index (χ1n) is 10.2.